The van der Waals surface area contributed by atoms with Crippen LogP contribution in [0.5, 0.6) is 0 Å². The minimum atomic E-state index is -0.0865. The van der Waals surface area contributed by atoms with Gasteiger partial charge in [-0.25, -0.2) is 4.99 Å². The van der Waals surface area contributed by atoms with Crippen molar-refractivity contribution < 1.29 is 4.79 Å². The van der Waals surface area contributed by atoms with Gasteiger partial charge in [0.25, 0.3) is 5.91 Å². The van der Waals surface area contributed by atoms with Crippen LogP contribution >= 0.6 is 23.4 Å². The van der Waals surface area contributed by atoms with Crippen LogP contribution in [0.2, 0.25) is 5.02 Å². The predicted molar refractivity (Wildman–Crippen MR) is 124 cm³/mol. The fourth-order valence-electron chi connectivity index (χ4n) is 3.12. The monoisotopic (exact) mass is 418 g/mol. The van der Waals surface area contributed by atoms with Gasteiger partial charge in [-0.05, 0) is 72.6 Å². The molecule has 1 amide bonds. The zero-order valence-corrected chi connectivity index (χ0v) is 17.7. The molecule has 3 aromatic carbocycles. The highest BCUT2D eigenvalue weighted by Crippen LogP contribution is 2.38. The number of carbonyl (C=O) groups is 1. The van der Waals surface area contributed by atoms with Crippen LogP contribution in [-0.2, 0) is 4.79 Å². The van der Waals surface area contributed by atoms with Crippen molar-refractivity contribution in [1.82, 2.24) is 0 Å². The number of rotatable bonds is 3. The fraction of sp³-hybridized carbons (Fsp3) is 0.0833. The van der Waals surface area contributed by atoms with Gasteiger partial charge in [0.05, 0.1) is 16.3 Å². The van der Waals surface area contributed by atoms with Crippen molar-refractivity contribution in [3.05, 3.63) is 99.4 Å². The van der Waals surface area contributed by atoms with Crippen LogP contribution < -0.4 is 4.90 Å². The topological polar surface area (TPSA) is 32.7 Å². The Morgan fingerprint density at radius 2 is 1.66 bits per heavy atom. The Labute approximate surface area is 179 Å². The first kappa shape index (κ1) is 19.5. The molecule has 0 bridgehead atoms. The molecule has 0 radical (unpaired) electrons. The van der Waals surface area contributed by atoms with Crippen LogP contribution in [0.1, 0.15) is 16.7 Å². The first-order valence-electron chi connectivity index (χ1n) is 9.22. The van der Waals surface area contributed by atoms with E-state index in [0.717, 1.165) is 28.1 Å². The van der Waals surface area contributed by atoms with Crippen LogP contribution in [0.3, 0.4) is 0 Å². The van der Waals surface area contributed by atoms with Gasteiger partial charge >= 0.3 is 0 Å². The molecule has 1 heterocycles. The van der Waals surface area contributed by atoms with E-state index < -0.39 is 0 Å². The number of carbonyl (C=O) groups excluding carboxylic acids is 1. The standard InChI is InChI=1S/C24H19ClN2OS/c1-16-8-3-5-12-20(16)26-24-27(21-13-6-4-9-17(21)2)23(28)22(29-24)15-18-10-7-11-19(25)14-18/h3-15H,1-2H3/b22-15+,26-24?. The average Bonchev–Trinajstić information content (AvgIpc) is 2.99. The number of amides is 1. The fourth-order valence-corrected chi connectivity index (χ4v) is 4.30. The van der Waals surface area contributed by atoms with Gasteiger partial charge in [0.15, 0.2) is 5.17 Å². The van der Waals surface area contributed by atoms with Gasteiger partial charge in [-0.15, -0.1) is 0 Å². The molecule has 144 valence electrons. The van der Waals surface area contributed by atoms with Crippen molar-refractivity contribution in [3.63, 3.8) is 0 Å². The molecule has 0 N–H and O–H groups in total. The van der Waals surface area contributed by atoms with Gasteiger partial charge in [-0.2, -0.15) is 0 Å². The number of anilines is 1. The Morgan fingerprint density at radius 1 is 0.931 bits per heavy atom. The van der Waals surface area contributed by atoms with Crippen molar-refractivity contribution in [3.8, 4) is 0 Å². The summed E-state index contributed by atoms with van der Waals surface area (Å²) in [4.78, 5) is 20.5. The summed E-state index contributed by atoms with van der Waals surface area (Å²) in [5.74, 6) is -0.0865. The Bertz CT molecular complexity index is 1150. The highest BCUT2D eigenvalue weighted by atomic mass is 35.5. The van der Waals surface area contributed by atoms with Gasteiger partial charge in [0, 0.05) is 5.02 Å². The number of aryl methyl sites for hydroxylation is 2. The van der Waals surface area contributed by atoms with E-state index in [9.17, 15) is 4.79 Å². The summed E-state index contributed by atoms with van der Waals surface area (Å²) in [7, 11) is 0. The molecule has 4 rings (SSSR count). The average molecular weight is 419 g/mol. The van der Waals surface area contributed by atoms with E-state index in [2.05, 4.69) is 0 Å². The molecular formula is C24H19ClN2OS. The zero-order chi connectivity index (χ0) is 20.4. The summed E-state index contributed by atoms with van der Waals surface area (Å²) < 4.78 is 0. The van der Waals surface area contributed by atoms with Crippen LogP contribution in [0.4, 0.5) is 11.4 Å². The van der Waals surface area contributed by atoms with Crippen LogP contribution in [-0.4, -0.2) is 11.1 Å². The molecule has 0 saturated carbocycles. The lowest BCUT2D eigenvalue weighted by atomic mass is 10.1. The number of thioether (sulfide) groups is 1. The molecule has 0 atom stereocenters. The maximum absolute atomic E-state index is 13.4. The number of aliphatic imine (C=N–C) groups is 1. The van der Waals surface area contributed by atoms with Gasteiger partial charge in [-0.1, -0.05) is 60.1 Å². The summed E-state index contributed by atoms with van der Waals surface area (Å²) >= 11 is 7.49. The summed E-state index contributed by atoms with van der Waals surface area (Å²) in [6.45, 7) is 4.01. The Hall–Kier alpha value is -2.82. The van der Waals surface area contributed by atoms with Crippen molar-refractivity contribution >= 4 is 51.9 Å². The van der Waals surface area contributed by atoms with Crippen LogP contribution in [0.15, 0.2) is 82.7 Å². The highest BCUT2D eigenvalue weighted by molar-refractivity contribution is 8.19. The van der Waals surface area contributed by atoms with Crippen molar-refractivity contribution in [2.45, 2.75) is 13.8 Å². The van der Waals surface area contributed by atoms with Crippen LogP contribution in [0, 0.1) is 13.8 Å². The molecule has 5 heteroatoms. The third-order valence-electron chi connectivity index (χ3n) is 4.64. The lowest BCUT2D eigenvalue weighted by Gasteiger charge is -2.18. The Balaban J connectivity index is 1.82. The molecule has 1 saturated heterocycles. The number of amidine groups is 1. The normalized spacial score (nSPS) is 16.8. The molecule has 3 nitrogen and oxygen atoms in total. The van der Waals surface area contributed by atoms with Gasteiger partial charge in [0.1, 0.15) is 0 Å². The summed E-state index contributed by atoms with van der Waals surface area (Å²) in [5.41, 5.74) is 4.65. The van der Waals surface area contributed by atoms with E-state index >= 15 is 0 Å². The van der Waals surface area contributed by atoms with E-state index in [1.807, 2.05) is 92.7 Å². The molecule has 0 spiro atoms. The first-order chi connectivity index (χ1) is 14.0. The van der Waals surface area contributed by atoms with E-state index in [-0.39, 0.29) is 5.91 Å². The second-order valence-electron chi connectivity index (χ2n) is 6.77. The van der Waals surface area contributed by atoms with E-state index in [1.54, 1.807) is 4.90 Å². The minimum absolute atomic E-state index is 0.0865. The molecule has 1 aliphatic heterocycles. The zero-order valence-electron chi connectivity index (χ0n) is 16.1. The molecular weight excluding hydrogens is 400 g/mol. The molecule has 1 aliphatic rings. The van der Waals surface area contributed by atoms with Crippen LogP contribution in [0.25, 0.3) is 6.08 Å². The van der Waals surface area contributed by atoms with E-state index in [1.165, 1.54) is 11.8 Å². The second-order valence-corrected chi connectivity index (χ2v) is 8.22. The number of hydrogen-bond donors (Lipinski definition) is 0. The quantitative estimate of drug-likeness (QED) is 0.440. The van der Waals surface area contributed by atoms with Gasteiger partial charge in [-0.3, -0.25) is 9.69 Å². The predicted octanol–water partition coefficient (Wildman–Crippen LogP) is 6.77. The van der Waals surface area contributed by atoms with Crippen molar-refractivity contribution in [2.75, 3.05) is 4.90 Å². The smallest absolute Gasteiger partial charge is 0.268 e. The molecule has 1 fully saturated rings. The summed E-state index contributed by atoms with van der Waals surface area (Å²) in [5, 5.41) is 1.28. The van der Waals surface area contributed by atoms with Gasteiger partial charge in [0.2, 0.25) is 0 Å². The molecule has 3 aromatic rings. The number of nitrogens with zero attached hydrogens (tertiary/aromatic N) is 2. The lowest BCUT2D eigenvalue weighted by Crippen LogP contribution is -2.29. The molecule has 0 aliphatic carbocycles. The minimum Gasteiger partial charge on any atom is -0.268 e. The van der Waals surface area contributed by atoms with Crippen molar-refractivity contribution in [2.24, 2.45) is 4.99 Å². The number of halogens is 1. The maximum Gasteiger partial charge on any atom is 0.271 e. The Morgan fingerprint density at radius 3 is 2.38 bits per heavy atom. The lowest BCUT2D eigenvalue weighted by molar-refractivity contribution is -0.113. The molecule has 29 heavy (non-hydrogen) atoms. The first-order valence-corrected chi connectivity index (χ1v) is 10.4. The summed E-state index contributed by atoms with van der Waals surface area (Å²) in [6, 6.07) is 23.2. The van der Waals surface area contributed by atoms with Crippen molar-refractivity contribution in [1.29, 1.82) is 0 Å². The highest BCUT2D eigenvalue weighted by Gasteiger charge is 2.35. The molecule has 0 aromatic heterocycles. The Kier molecular flexibility index (Phi) is 5.56. The second kappa shape index (κ2) is 8.27. The third-order valence-corrected chi connectivity index (χ3v) is 5.84. The third kappa shape index (κ3) is 4.14. The largest absolute Gasteiger partial charge is 0.271 e. The number of benzene rings is 3. The van der Waals surface area contributed by atoms with E-state index in [0.29, 0.717) is 15.1 Å². The number of hydrogen-bond acceptors (Lipinski definition) is 3. The van der Waals surface area contributed by atoms with Gasteiger partial charge < -0.3 is 0 Å². The molecule has 0 unspecified atom stereocenters. The van der Waals surface area contributed by atoms with E-state index in [4.69, 9.17) is 16.6 Å². The summed E-state index contributed by atoms with van der Waals surface area (Å²) in [6.07, 6.45) is 1.87. The maximum atomic E-state index is 13.4. The SMILES string of the molecule is Cc1ccccc1N=C1S/C(=C/c2cccc(Cl)c2)C(=O)N1c1ccccc1C. The number of para-hydroxylation sites is 2.